The van der Waals surface area contributed by atoms with Crippen LogP contribution in [0.15, 0.2) is 6.20 Å². The summed E-state index contributed by atoms with van der Waals surface area (Å²) in [4.78, 5) is 0. The van der Waals surface area contributed by atoms with Gasteiger partial charge < -0.3 is 4.74 Å². The zero-order valence-corrected chi connectivity index (χ0v) is 9.82. The van der Waals surface area contributed by atoms with Crippen LogP contribution in [-0.4, -0.2) is 16.4 Å². The van der Waals surface area contributed by atoms with Crippen molar-refractivity contribution in [1.82, 2.24) is 9.78 Å². The molecule has 1 aromatic rings. The third-order valence-electron chi connectivity index (χ3n) is 2.31. The molecule has 0 aliphatic carbocycles. The van der Waals surface area contributed by atoms with Crippen LogP contribution in [0.4, 0.5) is 0 Å². The van der Waals surface area contributed by atoms with Gasteiger partial charge in [0.05, 0.1) is 9.26 Å². The zero-order valence-electron chi connectivity index (χ0n) is 7.66. The lowest BCUT2D eigenvalue weighted by atomic mass is 10.2. The zero-order chi connectivity index (χ0) is 9.26. The maximum atomic E-state index is 5.63. The first-order valence-electron chi connectivity index (χ1n) is 4.60. The van der Waals surface area contributed by atoms with Crippen molar-refractivity contribution in [2.75, 3.05) is 6.61 Å². The number of hydrogen-bond donors (Lipinski definition) is 0. The topological polar surface area (TPSA) is 27.1 Å². The molecule has 1 aliphatic rings. The molecule has 4 heteroatoms. The summed E-state index contributed by atoms with van der Waals surface area (Å²) in [5.74, 6) is 0. The Morgan fingerprint density at radius 1 is 1.62 bits per heavy atom. The van der Waals surface area contributed by atoms with Crippen LogP contribution in [-0.2, 0) is 4.74 Å². The van der Waals surface area contributed by atoms with Gasteiger partial charge >= 0.3 is 0 Å². The minimum absolute atomic E-state index is 0.177. The van der Waals surface area contributed by atoms with Crippen molar-refractivity contribution in [3.63, 3.8) is 0 Å². The van der Waals surface area contributed by atoms with Crippen LogP contribution < -0.4 is 0 Å². The molecule has 0 radical (unpaired) electrons. The Bertz CT molecular complexity index is 272. The first-order valence-corrected chi connectivity index (χ1v) is 5.68. The molecule has 0 bridgehead atoms. The van der Waals surface area contributed by atoms with Gasteiger partial charge in [0, 0.05) is 12.8 Å². The highest BCUT2D eigenvalue weighted by atomic mass is 127. The lowest BCUT2D eigenvalue weighted by Crippen LogP contribution is -2.18. The van der Waals surface area contributed by atoms with Gasteiger partial charge in [-0.25, -0.2) is 4.68 Å². The van der Waals surface area contributed by atoms with E-state index >= 15 is 0 Å². The number of halogens is 1. The molecule has 1 aliphatic heterocycles. The van der Waals surface area contributed by atoms with Crippen molar-refractivity contribution in [3.05, 3.63) is 15.5 Å². The second-order valence-corrected chi connectivity index (χ2v) is 4.53. The number of rotatable bonds is 1. The second kappa shape index (κ2) is 3.96. The van der Waals surface area contributed by atoms with Crippen LogP contribution in [0.5, 0.6) is 0 Å². The number of aromatic nitrogens is 2. The number of ether oxygens (including phenoxy) is 1. The van der Waals surface area contributed by atoms with Gasteiger partial charge in [0.15, 0.2) is 0 Å². The Labute approximate surface area is 91.6 Å². The van der Waals surface area contributed by atoms with Crippen LogP contribution >= 0.6 is 22.6 Å². The summed E-state index contributed by atoms with van der Waals surface area (Å²) in [6, 6.07) is 0. The Hall–Kier alpha value is -0.100. The molecule has 0 N–H and O–H groups in total. The fourth-order valence-electron chi connectivity index (χ4n) is 1.54. The van der Waals surface area contributed by atoms with E-state index in [0.717, 1.165) is 18.7 Å². The first-order chi connectivity index (χ1) is 6.27. The van der Waals surface area contributed by atoms with Crippen molar-refractivity contribution >= 4 is 22.6 Å². The third-order valence-corrected chi connectivity index (χ3v) is 3.37. The summed E-state index contributed by atoms with van der Waals surface area (Å²) in [6.45, 7) is 2.90. The van der Waals surface area contributed by atoms with E-state index in [2.05, 4.69) is 33.9 Å². The molecular weight excluding hydrogens is 279 g/mol. The van der Waals surface area contributed by atoms with Gasteiger partial charge in [-0.05, 0) is 48.8 Å². The molecular formula is C9H13IN2O. The van der Waals surface area contributed by atoms with E-state index in [0.29, 0.717) is 0 Å². The van der Waals surface area contributed by atoms with Crippen LogP contribution in [0.3, 0.4) is 0 Å². The highest BCUT2D eigenvalue weighted by Gasteiger charge is 2.16. The molecule has 0 amide bonds. The van der Waals surface area contributed by atoms with Crippen molar-refractivity contribution < 1.29 is 4.74 Å². The molecule has 2 rings (SSSR count). The van der Waals surface area contributed by atoms with Crippen molar-refractivity contribution in [1.29, 1.82) is 0 Å². The Morgan fingerprint density at radius 2 is 2.46 bits per heavy atom. The molecule has 13 heavy (non-hydrogen) atoms. The molecule has 0 spiro atoms. The highest BCUT2D eigenvalue weighted by Crippen LogP contribution is 2.23. The third kappa shape index (κ3) is 2.04. The molecule has 0 aromatic carbocycles. The largest absolute Gasteiger partial charge is 0.357 e. The lowest BCUT2D eigenvalue weighted by molar-refractivity contribution is -0.0396. The summed E-state index contributed by atoms with van der Waals surface area (Å²) in [6.07, 6.45) is 5.77. The van der Waals surface area contributed by atoms with Crippen molar-refractivity contribution in [2.24, 2.45) is 0 Å². The summed E-state index contributed by atoms with van der Waals surface area (Å²) in [5, 5.41) is 4.42. The standard InChI is InChI=1S/C9H13IN2O/c1-7-8(10)6-12(11-7)9-4-2-3-5-13-9/h6,9H,2-5H2,1H3. The predicted molar refractivity (Wildman–Crippen MR) is 58.5 cm³/mol. The molecule has 1 fully saturated rings. The van der Waals surface area contributed by atoms with E-state index < -0.39 is 0 Å². The van der Waals surface area contributed by atoms with Crippen molar-refractivity contribution in [3.8, 4) is 0 Å². The molecule has 1 atom stereocenters. The van der Waals surface area contributed by atoms with E-state index in [1.54, 1.807) is 0 Å². The lowest BCUT2D eigenvalue weighted by Gasteiger charge is -2.22. The summed E-state index contributed by atoms with van der Waals surface area (Å²) in [5.41, 5.74) is 1.09. The van der Waals surface area contributed by atoms with Gasteiger partial charge in [-0.2, -0.15) is 5.10 Å². The van der Waals surface area contributed by atoms with Crippen molar-refractivity contribution in [2.45, 2.75) is 32.4 Å². The normalized spacial score (nSPS) is 23.4. The second-order valence-electron chi connectivity index (χ2n) is 3.36. The van der Waals surface area contributed by atoms with E-state index in [9.17, 15) is 0 Å². The SMILES string of the molecule is Cc1nn(C2CCCCO2)cc1I. The maximum absolute atomic E-state index is 5.63. The molecule has 2 heterocycles. The molecule has 1 saturated heterocycles. The van der Waals surface area contributed by atoms with Crippen LogP contribution in [0.25, 0.3) is 0 Å². The van der Waals surface area contributed by atoms with E-state index in [1.165, 1.54) is 16.4 Å². The van der Waals surface area contributed by atoms with Gasteiger partial charge in [0.1, 0.15) is 6.23 Å². The fraction of sp³-hybridized carbons (Fsp3) is 0.667. The minimum Gasteiger partial charge on any atom is -0.357 e. The van der Waals surface area contributed by atoms with E-state index in [1.807, 2.05) is 11.6 Å². The van der Waals surface area contributed by atoms with Crippen LogP contribution in [0.1, 0.15) is 31.2 Å². The Balaban J connectivity index is 2.14. The Kier molecular flexibility index (Phi) is 2.88. The maximum Gasteiger partial charge on any atom is 0.150 e. The average molecular weight is 292 g/mol. The summed E-state index contributed by atoms with van der Waals surface area (Å²) in [7, 11) is 0. The van der Waals surface area contributed by atoms with Gasteiger partial charge in [-0.3, -0.25) is 0 Å². The summed E-state index contributed by atoms with van der Waals surface area (Å²) < 4.78 is 8.80. The summed E-state index contributed by atoms with van der Waals surface area (Å²) >= 11 is 2.30. The molecule has 3 nitrogen and oxygen atoms in total. The average Bonchev–Trinajstić information content (AvgIpc) is 2.49. The number of aryl methyl sites for hydroxylation is 1. The highest BCUT2D eigenvalue weighted by molar-refractivity contribution is 14.1. The van der Waals surface area contributed by atoms with E-state index in [4.69, 9.17) is 4.74 Å². The smallest absolute Gasteiger partial charge is 0.150 e. The minimum atomic E-state index is 0.177. The molecule has 1 unspecified atom stereocenters. The van der Waals surface area contributed by atoms with Gasteiger partial charge in [0.25, 0.3) is 0 Å². The first kappa shape index (κ1) is 9.45. The quantitative estimate of drug-likeness (QED) is 0.744. The number of nitrogens with zero attached hydrogens (tertiary/aromatic N) is 2. The van der Waals surface area contributed by atoms with Crippen LogP contribution in [0.2, 0.25) is 0 Å². The van der Waals surface area contributed by atoms with Gasteiger partial charge in [0.2, 0.25) is 0 Å². The monoisotopic (exact) mass is 292 g/mol. The molecule has 72 valence electrons. The number of hydrogen-bond acceptors (Lipinski definition) is 2. The van der Waals surface area contributed by atoms with E-state index in [-0.39, 0.29) is 6.23 Å². The molecule has 0 saturated carbocycles. The van der Waals surface area contributed by atoms with Gasteiger partial charge in [-0.15, -0.1) is 0 Å². The molecule has 1 aromatic heterocycles. The predicted octanol–water partition coefficient (Wildman–Crippen LogP) is 2.50. The van der Waals surface area contributed by atoms with Gasteiger partial charge in [-0.1, -0.05) is 0 Å². The van der Waals surface area contributed by atoms with Crippen LogP contribution in [0, 0.1) is 10.5 Å². The Morgan fingerprint density at radius 3 is 3.00 bits per heavy atom. The fourth-order valence-corrected chi connectivity index (χ4v) is 1.93.